The number of ketones is 1. The van der Waals surface area contributed by atoms with Crippen LogP contribution in [-0.4, -0.2) is 36.5 Å². The standard InChI is InChI=1S/C13H10ClN5OS2/c14-10-3-1-9(2-4-10)11(20)6-21-13-18-17-12(22-13)5-19-8-15-7-16-19/h1-4,7-8H,5-6H2. The second-order valence-corrected chi connectivity index (χ2v) is 6.99. The van der Waals surface area contributed by atoms with Crippen LogP contribution in [0.2, 0.25) is 5.02 Å². The number of hydrogen-bond acceptors (Lipinski definition) is 7. The van der Waals surface area contributed by atoms with Crippen molar-refractivity contribution >= 4 is 40.5 Å². The summed E-state index contributed by atoms with van der Waals surface area (Å²) in [6.45, 7) is 0.531. The summed E-state index contributed by atoms with van der Waals surface area (Å²) in [5, 5.41) is 13.6. The molecule has 0 unspecified atom stereocenters. The molecule has 0 atom stereocenters. The van der Waals surface area contributed by atoms with Crippen LogP contribution >= 0.6 is 34.7 Å². The van der Waals surface area contributed by atoms with Gasteiger partial charge in [-0.1, -0.05) is 34.7 Å². The van der Waals surface area contributed by atoms with Crippen molar-refractivity contribution in [1.82, 2.24) is 25.0 Å². The lowest BCUT2D eigenvalue weighted by atomic mass is 10.1. The van der Waals surface area contributed by atoms with Crippen LogP contribution in [0.4, 0.5) is 0 Å². The van der Waals surface area contributed by atoms with Crippen LogP contribution in [0.3, 0.4) is 0 Å². The van der Waals surface area contributed by atoms with Gasteiger partial charge in [-0.25, -0.2) is 9.67 Å². The molecule has 112 valence electrons. The second-order valence-electron chi connectivity index (χ2n) is 4.27. The molecule has 1 aromatic carbocycles. The molecule has 0 radical (unpaired) electrons. The molecule has 0 spiro atoms. The summed E-state index contributed by atoms with van der Waals surface area (Å²) in [6, 6.07) is 6.87. The first-order valence-corrected chi connectivity index (χ1v) is 8.45. The Morgan fingerprint density at radius 2 is 2.09 bits per heavy atom. The van der Waals surface area contributed by atoms with Crippen molar-refractivity contribution in [3.63, 3.8) is 0 Å². The topological polar surface area (TPSA) is 73.6 Å². The maximum atomic E-state index is 12.1. The highest BCUT2D eigenvalue weighted by molar-refractivity contribution is 8.01. The minimum Gasteiger partial charge on any atom is -0.293 e. The van der Waals surface area contributed by atoms with Gasteiger partial charge in [0.25, 0.3) is 0 Å². The molecule has 0 aliphatic carbocycles. The largest absolute Gasteiger partial charge is 0.293 e. The molecule has 3 rings (SSSR count). The Kier molecular flexibility index (Phi) is 4.81. The highest BCUT2D eigenvalue weighted by atomic mass is 35.5. The molecule has 0 saturated carbocycles. The highest BCUT2D eigenvalue weighted by Crippen LogP contribution is 2.24. The maximum absolute atomic E-state index is 12.1. The molecule has 6 nitrogen and oxygen atoms in total. The molecule has 0 N–H and O–H groups in total. The summed E-state index contributed by atoms with van der Waals surface area (Å²) >= 11 is 8.63. The summed E-state index contributed by atoms with van der Waals surface area (Å²) in [5.41, 5.74) is 0.643. The Bertz CT molecular complexity index is 757. The lowest BCUT2D eigenvalue weighted by Crippen LogP contribution is -2.01. The predicted molar refractivity (Wildman–Crippen MR) is 85.5 cm³/mol. The molecule has 2 aromatic heterocycles. The van der Waals surface area contributed by atoms with E-state index < -0.39 is 0 Å². The Labute approximate surface area is 139 Å². The van der Waals surface area contributed by atoms with Gasteiger partial charge < -0.3 is 0 Å². The maximum Gasteiger partial charge on any atom is 0.174 e. The van der Waals surface area contributed by atoms with Crippen molar-refractivity contribution in [3.8, 4) is 0 Å². The zero-order valence-electron chi connectivity index (χ0n) is 11.2. The number of hydrogen-bond donors (Lipinski definition) is 0. The first-order valence-electron chi connectivity index (χ1n) is 6.27. The van der Waals surface area contributed by atoms with Crippen molar-refractivity contribution in [2.24, 2.45) is 0 Å². The molecule has 0 aliphatic heterocycles. The van der Waals surface area contributed by atoms with Crippen LogP contribution in [0.1, 0.15) is 15.4 Å². The number of thioether (sulfide) groups is 1. The van der Waals surface area contributed by atoms with E-state index >= 15 is 0 Å². The summed E-state index contributed by atoms with van der Waals surface area (Å²) in [4.78, 5) is 15.9. The van der Waals surface area contributed by atoms with E-state index in [0.717, 1.165) is 9.35 Å². The molecule has 0 amide bonds. The minimum atomic E-state index is 0.0368. The van der Waals surface area contributed by atoms with E-state index in [-0.39, 0.29) is 5.78 Å². The van der Waals surface area contributed by atoms with Gasteiger partial charge in [0, 0.05) is 10.6 Å². The molecule has 9 heteroatoms. The van der Waals surface area contributed by atoms with E-state index in [9.17, 15) is 4.79 Å². The molecule has 3 aromatic rings. The number of carbonyl (C=O) groups is 1. The molecule has 0 fully saturated rings. The number of nitrogens with zero attached hydrogens (tertiary/aromatic N) is 5. The fourth-order valence-corrected chi connectivity index (χ4v) is 3.57. The number of benzene rings is 1. The Balaban J connectivity index is 1.56. The number of halogens is 1. The van der Waals surface area contributed by atoms with Crippen LogP contribution in [0.25, 0.3) is 0 Å². The average molecular weight is 352 g/mol. The van der Waals surface area contributed by atoms with Crippen LogP contribution in [0.15, 0.2) is 41.3 Å². The van der Waals surface area contributed by atoms with Gasteiger partial charge in [0.05, 0.1) is 12.3 Å². The van der Waals surface area contributed by atoms with Gasteiger partial charge in [0.15, 0.2) is 10.1 Å². The van der Waals surface area contributed by atoms with Gasteiger partial charge in [-0.05, 0) is 24.3 Å². The van der Waals surface area contributed by atoms with Crippen molar-refractivity contribution in [2.75, 3.05) is 5.75 Å². The Morgan fingerprint density at radius 3 is 2.82 bits per heavy atom. The Hall–Kier alpha value is -1.77. The van der Waals surface area contributed by atoms with E-state index in [1.807, 2.05) is 0 Å². The van der Waals surface area contributed by atoms with Crippen LogP contribution < -0.4 is 0 Å². The number of Topliss-reactive ketones (excluding diaryl/α,β-unsaturated/α-hetero) is 1. The smallest absolute Gasteiger partial charge is 0.174 e. The highest BCUT2D eigenvalue weighted by Gasteiger charge is 2.10. The van der Waals surface area contributed by atoms with Gasteiger partial charge in [-0.15, -0.1) is 10.2 Å². The summed E-state index contributed by atoms with van der Waals surface area (Å²) < 4.78 is 2.44. The van der Waals surface area contributed by atoms with Crippen molar-refractivity contribution in [3.05, 3.63) is 52.5 Å². The normalized spacial score (nSPS) is 10.8. The van der Waals surface area contributed by atoms with Gasteiger partial charge >= 0.3 is 0 Å². The van der Waals surface area contributed by atoms with E-state index in [4.69, 9.17) is 11.6 Å². The molecule has 0 aliphatic rings. The summed E-state index contributed by atoms with van der Waals surface area (Å²) in [7, 11) is 0. The summed E-state index contributed by atoms with van der Waals surface area (Å²) in [6.07, 6.45) is 3.10. The molecular weight excluding hydrogens is 342 g/mol. The van der Waals surface area contributed by atoms with Crippen LogP contribution in [-0.2, 0) is 6.54 Å². The van der Waals surface area contributed by atoms with E-state index in [2.05, 4.69) is 20.3 Å². The van der Waals surface area contributed by atoms with Crippen molar-refractivity contribution in [2.45, 2.75) is 10.9 Å². The molecule has 0 bridgehead atoms. The zero-order valence-corrected chi connectivity index (χ0v) is 13.6. The third-order valence-electron chi connectivity index (χ3n) is 2.71. The molecule has 0 saturated heterocycles. The van der Waals surface area contributed by atoms with E-state index in [0.29, 0.717) is 22.9 Å². The van der Waals surface area contributed by atoms with Gasteiger partial charge in [0.1, 0.15) is 17.7 Å². The average Bonchev–Trinajstić information content (AvgIpc) is 3.18. The third-order valence-corrected chi connectivity index (χ3v) is 5.00. The minimum absolute atomic E-state index is 0.0368. The quantitative estimate of drug-likeness (QED) is 0.502. The summed E-state index contributed by atoms with van der Waals surface area (Å²) in [5.74, 6) is 0.356. The van der Waals surface area contributed by atoms with E-state index in [1.165, 1.54) is 29.4 Å². The van der Waals surface area contributed by atoms with Gasteiger partial charge in [-0.2, -0.15) is 5.10 Å². The predicted octanol–water partition coefficient (Wildman–Crippen LogP) is 2.81. The first-order chi connectivity index (χ1) is 10.7. The Morgan fingerprint density at radius 1 is 1.27 bits per heavy atom. The van der Waals surface area contributed by atoms with Crippen LogP contribution in [0.5, 0.6) is 0 Å². The third kappa shape index (κ3) is 3.90. The number of aromatic nitrogens is 5. The first kappa shape index (κ1) is 15.1. The zero-order chi connectivity index (χ0) is 15.4. The lowest BCUT2D eigenvalue weighted by molar-refractivity contribution is 0.102. The van der Waals surface area contributed by atoms with E-state index in [1.54, 1.807) is 35.3 Å². The van der Waals surface area contributed by atoms with Crippen molar-refractivity contribution in [1.29, 1.82) is 0 Å². The second kappa shape index (κ2) is 6.99. The lowest BCUT2D eigenvalue weighted by Gasteiger charge is -1.99. The molecular formula is C13H10ClN5OS2. The molecule has 2 heterocycles. The monoisotopic (exact) mass is 351 g/mol. The SMILES string of the molecule is O=C(CSc1nnc(Cn2cncn2)s1)c1ccc(Cl)cc1. The van der Waals surface area contributed by atoms with Crippen molar-refractivity contribution < 1.29 is 4.79 Å². The molecule has 22 heavy (non-hydrogen) atoms. The number of rotatable bonds is 6. The van der Waals surface area contributed by atoms with Crippen LogP contribution in [0, 0.1) is 0 Å². The van der Waals surface area contributed by atoms with Gasteiger partial charge in [0.2, 0.25) is 0 Å². The number of carbonyl (C=O) groups excluding carboxylic acids is 1. The fourth-order valence-electron chi connectivity index (χ4n) is 1.66. The fraction of sp³-hybridized carbons (Fsp3) is 0.154. The van der Waals surface area contributed by atoms with Gasteiger partial charge in [-0.3, -0.25) is 4.79 Å².